The predicted molar refractivity (Wildman–Crippen MR) is 76.2 cm³/mol. The third-order valence-corrected chi connectivity index (χ3v) is 4.94. The van der Waals surface area contributed by atoms with Gasteiger partial charge in [-0.25, -0.2) is 13.1 Å². The molecule has 1 fully saturated rings. The first kappa shape index (κ1) is 15.1. The highest BCUT2D eigenvalue weighted by atomic mass is 32.2. The van der Waals surface area contributed by atoms with E-state index in [1.54, 1.807) is 0 Å². The van der Waals surface area contributed by atoms with Crippen molar-refractivity contribution >= 4 is 15.7 Å². The van der Waals surface area contributed by atoms with Gasteiger partial charge in [0.1, 0.15) is 5.75 Å². The number of nitrogen functional groups attached to an aromatic ring is 1. The highest BCUT2D eigenvalue weighted by Gasteiger charge is 2.27. The van der Waals surface area contributed by atoms with Crippen LogP contribution in [0.2, 0.25) is 0 Å². The molecule has 112 valence electrons. The predicted octanol–water partition coefficient (Wildman–Crippen LogP) is 1.12. The van der Waals surface area contributed by atoms with Crippen LogP contribution in [0.25, 0.3) is 0 Å². The van der Waals surface area contributed by atoms with E-state index in [4.69, 9.17) is 15.2 Å². The van der Waals surface area contributed by atoms with Crippen molar-refractivity contribution in [3.8, 4) is 5.75 Å². The summed E-state index contributed by atoms with van der Waals surface area (Å²) >= 11 is 0. The first-order chi connectivity index (χ1) is 9.44. The van der Waals surface area contributed by atoms with Crippen molar-refractivity contribution < 1.29 is 17.9 Å². The summed E-state index contributed by atoms with van der Waals surface area (Å²) in [5.74, 6) is 0.345. The zero-order valence-corrected chi connectivity index (χ0v) is 12.4. The second kappa shape index (κ2) is 5.99. The second-order valence-electron chi connectivity index (χ2n) is 4.87. The van der Waals surface area contributed by atoms with Crippen molar-refractivity contribution in [1.82, 2.24) is 4.72 Å². The van der Waals surface area contributed by atoms with Crippen LogP contribution in [0, 0.1) is 0 Å². The fourth-order valence-corrected chi connectivity index (χ4v) is 3.53. The van der Waals surface area contributed by atoms with Gasteiger partial charge in [-0.2, -0.15) is 0 Å². The molecule has 2 atom stereocenters. The van der Waals surface area contributed by atoms with Gasteiger partial charge in [-0.3, -0.25) is 0 Å². The van der Waals surface area contributed by atoms with E-state index in [2.05, 4.69) is 4.72 Å². The molecule has 0 saturated carbocycles. The zero-order valence-electron chi connectivity index (χ0n) is 11.6. The highest BCUT2D eigenvalue weighted by molar-refractivity contribution is 7.89. The Bertz CT molecular complexity index is 568. The Labute approximate surface area is 119 Å². The molecule has 1 saturated heterocycles. The molecular weight excluding hydrogens is 280 g/mol. The highest BCUT2D eigenvalue weighted by Crippen LogP contribution is 2.25. The van der Waals surface area contributed by atoms with Crippen LogP contribution in [-0.2, 0) is 14.8 Å². The second-order valence-corrected chi connectivity index (χ2v) is 6.58. The maximum Gasteiger partial charge on any atom is 0.241 e. The number of sulfonamides is 1. The summed E-state index contributed by atoms with van der Waals surface area (Å²) < 4.78 is 37.8. The summed E-state index contributed by atoms with van der Waals surface area (Å²) in [5, 5.41) is 0. The summed E-state index contributed by atoms with van der Waals surface area (Å²) in [4.78, 5) is 0.133. The Morgan fingerprint density at radius 1 is 1.50 bits per heavy atom. The van der Waals surface area contributed by atoms with Gasteiger partial charge in [0, 0.05) is 18.7 Å². The normalized spacial score (nSPS) is 20.8. The van der Waals surface area contributed by atoms with Crippen molar-refractivity contribution in [2.75, 3.05) is 19.5 Å². The van der Waals surface area contributed by atoms with Crippen molar-refractivity contribution in [3.05, 3.63) is 18.2 Å². The van der Waals surface area contributed by atoms with E-state index in [-0.39, 0.29) is 17.0 Å². The molecule has 3 N–H and O–H groups in total. The van der Waals surface area contributed by atoms with Gasteiger partial charge in [0.25, 0.3) is 0 Å². The van der Waals surface area contributed by atoms with Crippen LogP contribution in [0.1, 0.15) is 19.8 Å². The molecule has 20 heavy (non-hydrogen) atoms. The Morgan fingerprint density at radius 3 is 2.85 bits per heavy atom. The fourth-order valence-electron chi connectivity index (χ4n) is 2.24. The monoisotopic (exact) mass is 300 g/mol. The summed E-state index contributed by atoms with van der Waals surface area (Å²) in [6, 6.07) is 4.12. The first-order valence-electron chi connectivity index (χ1n) is 6.51. The Kier molecular flexibility index (Phi) is 4.52. The lowest BCUT2D eigenvalue weighted by Crippen LogP contribution is -2.40. The molecule has 0 bridgehead atoms. The average Bonchev–Trinajstić information content (AvgIpc) is 2.92. The van der Waals surface area contributed by atoms with E-state index in [9.17, 15) is 8.42 Å². The molecule has 1 aromatic rings. The van der Waals surface area contributed by atoms with E-state index in [1.807, 2.05) is 6.92 Å². The van der Waals surface area contributed by atoms with Crippen LogP contribution in [0.4, 0.5) is 5.69 Å². The SMILES string of the molecule is COc1cc(S(=O)(=O)NC(C)C2CCCO2)ccc1N. The van der Waals surface area contributed by atoms with Crippen molar-refractivity contribution in [3.63, 3.8) is 0 Å². The third kappa shape index (κ3) is 3.23. The van der Waals surface area contributed by atoms with Gasteiger partial charge in [-0.1, -0.05) is 0 Å². The average molecular weight is 300 g/mol. The minimum absolute atomic E-state index is 0.0690. The Hall–Kier alpha value is -1.31. The molecule has 0 radical (unpaired) electrons. The number of hydrogen-bond acceptors (Lipinski definition) is 5. The van der Waals surface area contributed by atoms with Crippen LogP contribution >= 0.6 is 0 Å². The molecule has 0 aliphatic carbocycles. The minimum Gasteiger partial charge on any atom is -0.495 e. The van der Waals surface area contributed by atoms with Gasteiger partial charge in [0.15, 0.2) is 0 Å². The van der Waals surface area contributed by atoms with Crippen molar-refractivity contribution in [1.29, 1.82) is 0 Å². The number of ether oxygens (including phenoxy) is 2. The number of anilines is 1. The summed E-state index contributed by atoms with van der Waals surface area (Å²) in [7, 11) is -2.16. The first-order valence-corrected chi connectivity index (χ1v) is 8.00. The molecular formula is C13H20N2O4S. The molecule has 1 aromatic carbocycles. The van der Waals surface area contributed by atoms with E-state index < -0.39 is 10.0 Å². The van der Waals surface area contributed by atoms with Crippen LogP contribution in [0.5, 0.6) is 5.75 Å². The van der Waals surface area contributed by atoms with Gasteiger partial charge in [-0.15, -0.1) is 0 Å². The molecule has 1 heterocycles. The van der Waals surface area contributed by atoms with Crippen LogP contribution in [0.15, 0.2) is 23.1 Å². The van der Waals surface area contributed by atoms with Gasteiger partial charge in [-0.05, 0) is 31.9 Å². The van der Waals surface area contributed by atoms with Gasteiger partial charge >= 0.3 is 0 Å². The minimum atomic E-state index is -3.61. The lowest BCUT2D eigenvalue weighted by Gasteiger charge is -2.20. The number of benzene rings is 1. The van der Waals surface area contributed by atoms with E-state index in [0.717, 1.165) is 12.8 Å². The third-order valence-electron chi connectivity index (χ3n) is 3.38. The molecule has 6 nitrogen and oxygen atoms in total. The quantitative estimate of drug-likeness (QED) is 0.795. The summed E-state index contributed by atoms with van der Waals surface area (Å²) in [5.41, 5.74) is 6.09. The van der Waals surface area contributed by atoms with Crippen molar-refractivity contribution in [2.45, 2.75) is 36.8 Å². The van der Waals surface area contributed by atoms with Crippen LogP contribution in [-0.4, -0.2) is 34.3 Å². The standard InChI is InChI=1S/C13H20N2O4S/c1-9(12-4-3-7-19-12)15-20(16,17)10-5-6-11(14)13(8-10)18-2/h5-6,8-9,12,15H,3-4,7,14H2,1-2H3. The largest absolute Gasteiger partial charge is 0.495 e. The molecule has 2 rings (SSSR count). The zero-order chi connectivity index (χ0) is 14.8. The molecule has 0 amide bonds. The van der Waals surface area contributed by atoms with Crippen molar-refractivity contribution in [2.24, 2.45) is 0 Å². The van der Waals surface area contributed by atoms with Crippen LogP contribution in [0.3, 0.4) is 0 Å². The maximum absolute atomic E-state index is 12.3. The number of nitrogens with one attached hydrogen (secondary N) is 1. The van der Waals surface area contributed by atoms with E-state index >= 15 is 0 Å². The maximum atomic E-state index is 12.3. The molecule has 0 spiro atoms. The molecule has 7 heteroatoms. The Balaban J connectivity index is 2.17. The number of methoxy groups -OCH3 is 1. The lowest BCUT2D eigenvalue weighted by atomic mass is 10.1. The Morgan fingerprint density at radius 2 is 2.25 bits per heavy atom. The molecule has 1 aliphatic heterocycles. The van der Waals surface area contributed by atoms with Gasteiger partial charge < -0.3 is 15.2 Å². The van der Waals surface area contributed by atoms with Gasteiger partial charge in [0.2, 0.25) is 10.0 Å². The van der Waals surface area contributed by atoms with E-state index in [0.29, 0.717) is 18.0 Å². The molecule has 2 unspecified atom stereocenters. The summed E-state index contributed by atoms with van der Waals surface area (Å²) in [6.07, 6.45) is 1.77. The number of rotatable bonds is 5. The van der Waals surface area contributed by atoms with Crippen LogP contribution < -0.4 is 15.2 Å². The number of nitrogens with two attached hydrogens (primary N) is 1. The topological polar surface area (TPSA) is 90.7 Å². The van der Waals surface area contributed by atoms with Gasteiger partial charge in [0.05, 0.1) is 23.8 Å². The fraction of sp³-hybridized carbons (Fsp3) is 0.538. The molecule has 0 aromatic heterocycles. The number of hydrogen-bond donors (Lipinski definition) is 2. The van der Waals surface area contributed by atoms with E-state index in [1.165, 1.54) is 25.3 Å². The lowest BCUT2D eigenvalue weighted by molar-refractivity contribution is 0.0902. The molecule has 1 aliphatic rings. The smallest absolute Gasteiger partial charge is 0.241 e. The summed E-state index contributed by atoms with van der Waals surface area (Å²) in [6.45, 7) is 2.49.